The second kappa shape index (κ2) is 9.56. The molecular formula is C20H17N9O5. The number of aromatic nitrogens is 5. The maximum absolute atomic E-state index is 12.9. The van der Waals surface area contributed by atoms with Gasteiger partial charge in [-0.2, -0.15) is 9.78 Å². The molecule has 172 valence electrons. The minimum atomic E-state index is -0.684. The van der Waals surface area contributed by atoms with E-state index in [0.717, 1.165) is 16.0 Å². The zero-order valence-electron chi connectivity index (χ0n) is 17.7. The zero-order chi connectivity index (χ0) is 24.1. The number of hydrogen-bond acceptors (Lipinski definition) is 11. The van der Waals surface area contributed by atoms with Crippen molar-refractivity contribution in [1.82, 2.24) is 30.7 Å². The van der Waals surface area contributed by atoms with Gasteiger partial charge in [0.25, 0.3) is 11.6 Å². The van der Waals surface area contributed by atoms with E-state index in [1.54, 1.807) is 24.3 Å². The smallest absolute Gasteiger partial charge is 0.294 e. The van der Waals surface area contributed by atoms with Crippen LogP contribution in [0.5, 0.6) is 5.75 Å². The van der Waals surface area contributed by atoms with Gasteiger partial charge in [0.05, 0.1) is 17.7 Å². The van der Waals surface area contributed by atoms with E-state index in [9.17, 15) is 14.9 Å². The summed E-state index contributed by atoms with van der Waals surface area (Å²) in [6, 6.07) is 12.6. The molecule has 2 aromatic carbocycles. The number of rotatable bonds is 8. The van der Waals surface area contributed by atoms with Gasteiger partial charge in [0.2, 0.25) is 11.6 Å². The van der Waals surface area contributed by atoms with Gasteiger partial charge in [-0.25, -0.2) is 10.1 Å². The molecule has 0 saturated carbocycles. The van der Waals surface area contributed by atoms with Crippen molar-refractivity contribution in [2.75, 3.05) is 12.3 Å². The lowest BCUT2D eigenvalue weighted by molar-refractivity contribution is -0.384. The van der Waals surface area contributed by atoms with E-state index < -0.39 is 10.8 Å². The molecule has 0 fully saturated rings. The van der Waals surface area contributed by atoms with E-state index in [0.29, 0.717) is 12.2 Å². The number of nitrogens with one attached hydrogen (secondary N) is 1. The van der Waals surface area contributed by atoms with Gasteiger partial charge in [-0.05, 0) is 59.2 Å². The number of anilines is 1. The summed E-state index contributed by atoms with van der Waals surface area (Å²) in [7, 11) is 0. The van der Waals surface area contributed by atoms with Gasteiger partial charge in [-0.3, -0.25) is 14.9 Å². The van der Waals surface area contributed by atoms with Gasteiger partial charge in [0.1, 0.15) is 11.4 Å². The average Bonchev–Trinajstić information content (AvgIpc) is 3.46. The Kier molecular flexibility index (Phi) is 6.20. The van der Waals surface area contributed by atoms with Crippen LogP contribution in [0.4, 0.5) is 11.5 Å². The molecule has 2 aromatic heterocycles. The predicted octanol–water partition coefficient (Wildman–Crippen LogP) is 1.97. The molecule has 4 aromatic rings. The molecule has 2 heterocycles. The SMILES string of the molecule is CCOc1ccc(/C=N\NC(=O)c2nnn(-c3nonc3N)c2-c2ccc([N+](=O)[O-])cc2)cc1. The molecular weight excluding hydrogens is 446 g/mol. The summed E-state index contributed by atoms with van der Waals surface area (Å²) in [5.41, 5.74) is 9.17. The molecule has 0 aliphatic carbocycles. The summed E-state index contributed by atoms with van der Waals surface area (Å²) in [5.74, 6) is -0.0576. The predicted molar refractivity (Wildman–Crippen MR) is 118 cm³/mol. The largest absolute Gasteiger partial charge is 0.494 e. The Hall–Kier alpha value is -5.14. The number of nitrogens with two attached hydrogens (primary N) is 1. The Balaban J connectivity index is 1.63. The van der Waals surface area contributed by atoms with E-state index in [1.165, 1.54) is 30.5 Å². The van der Waals surface area contributed by atoms with Gasteiger partial charge in [0, 0.05) is 17.7 Å². The van der Waals surface area contributed by atoms with Gasteiger partial charge >= 0.3 is 0 Å². The molecule has 3 N–H and O–H groups in total. The second-order valence-corrected chi connectivity index (χ2v) is 6.68. The van der Waals surface area contributed by atoms with E-state index in [-0.39, 0.29) is 28.7 Å². The first kappa shape index (κ1) is 22.1. The summed E-state index contributed by atoms with van der Waals surface area (Å²) < 4.78 is 11.1. The molecule has 0 aliphatic heterocycles. The Morgan fingerprint density at radius 1 is 1.24 bits per heavy atom. The minimum absolute atomic E-state index is 0.00204. The number of hydrazone groups is 1. The fourth-order valence-corrected chi connectivity index (χ4v) is 2.96. The van der Waals surface area contributed by atoms with Crippen LogP contribution in [0.2, 0.25) is 0 Å². The molecule has 0 bridgehead atoms. The normalized spacial score (nSPS) is 11.0. The van der Waals surface area contributed by atoms with Crippen molar-refractivity contribution in [2.24, 2.45) is 5.10 Å². The first-order valence-corrected chi connectivity index (χ1v) is 9.83. The third kappa shape index (κ3) is 4.55. The molecule has 0 spiro atoms. The number of hydrogen-bond donors (Lipinski definition) is 2. The van der Waals surface area contributed by atoms with Crippen LogP contribution in [0.3, 0.4) is 0 Å². The number of nitrogen functional groups attached to an aromatic ring is 1. The van der Waals surface area contributed by atoms with Gasteiger partial charge < -0.3 is 10.5 Å². The number of carbonyl (C=O) groups excluding carboxylic acids is 1. The molecule has 14 nitrogen and oxygen atoms in total. The minimum Gasteiger partial charge on any atom is -0.494 e. The lowest BCUT2D eigenvalue weighted by Gasteiger charge is -2.05. The summed E-state index contributed by atoms with van der Waals surface area (Å²) in [6.45, 7) is 2.44. The third-order valence-corrected chi connectivity index (χ3v) is 4.50. The molecule has 0 saturated heterocycles. The topological polar surface area (TPSA) is 189 Å². The van der Waals surface area contributed by atoms with Gasteiger partial charge in [-0.1, -0.05) is 5.21 Å². The van der Waals surface area contributed by atoms with E-state index in [2.05, 4.69) is 35.8 Å². The number of nitro benzene ring substituents is 1. The fraction of sp³-hybridized carbons (Fsp3) is 0.100. The Morgan fingerprint density at radius 2 is 1.97 bits per heavy atom. The third-order valence-electron chi connectivity index (χ3n) is 4.50. The van der Waals surface area contributed by atoms with Crippen LogP contribution in [0.15, 0.2) is 58.3 Å². The van der Waals surface area contributed by atoms with Crippen LogP contribution in [-0.4, -0.2) is 49.0 Å². The molecule has 0 unspecified atom stereocenters. The molecule has 1 amide bonds. The van der Waals surface area contributed by atoms with Crippen LogP contribution in [0, 0.1) is 10.1 Å². The number of amides is 1. The highest BCUT2D eigenvalue weighted by Crippen LogP contribution is 2.28. The molecule has 4 rings (SSSR count). The molecule has 0 radical (unpaired) electrons. The summed E-state index contributed by atoms with van der Waals surface area (Å²) >= 11 is 0. The van der Waals surface area contributed by atoms with Crippen molar-refractivity contribution in [2.45, 2.75) is 6.92 Å². The number of nitrogens with zero attached hydrogens (tertiary/aromatic N) is 7. The van der Waals surface area contributed by atoms with Crippen LogP contribution in [-0.2, 0) is 0 Å². The van der Waals surface area contributed by atoms with Crippen LogP contribution in [0.1, 0.15) is 23.0 Å². The monoisotopic (exact) mass is 463 g/mol. The van der Waals surface area contributed by atoms with Gasteiger partial charge in [-0.15, -0.1) is 5.10 Å². The van der Waals surface area contributed by atoms with E-state index in [4.69, 9.17) is 10.5 Å². The van der Waals surface area contributed by atoms with Crippen molar-refractivity contribution in [1.29, 1.82) is 0 Å². The maximum Gasteiger partial charge on any atom is 0.294 e. The lowest BCUT2D eigenvalue weighted by Crippen LogP contribution is -2.19. The maximum atomic E-state index is 12.9. The standard InChI is InChI=1S/C20H17N9O5/c1-2-33-15-9-3-12(4-10-15)11-22-24-20(30)16-17(13-5-7-14(8-6-13)29(31)32)28(27-23-16)19-18(21)25-34-26-19/h3-11H,2H2,1H3,(H2,21,25)(H,24,30)/b22-11-. The Labute approximate surface area is 191 Å². The van der Waals surface area contributed by atoms with Crippen molar-refractivity contribution >= 4 is 23.6 Å². The number of benzene rings is 2. The Morgan fingerprint density at radius 3 is 2.59 bits per heavy atom. The lowest BCUT2D eigenvalue weighted by atomic mass is 10.1. The molecule has 14 heteroatoms. The quantitative estimate of drug-likeness (QED) is 0.222. The molecule has 0 aliphatic rings. The summed E-state index contributed by atoms with van der Waals surface area (Å²) in [5, 5.41) is 30.0. The summed E-state index contributed by atoms with van der Waals surface area (Å²) in [4.78, 5) is 23.3. The molecule has 0 atom stereocenters. The number of nitro groups is 1. The van der Waals surface area contributed by atoms with Crippen molar-refractivity contribution < 1.29 is 19.1 Å². The Bertz CT molecular complexity index is 1340. The number of carbonyl (C=O) groups is 1. The highest BCUT2D eigenvalue weighted by atomic mass is 16.6. The zero-order valence-corrected chi connectivity index (χ0v) is 17.7. The summed E-state index contributed by atoms with van der Waals surface area (Å²) in [6.07, 6.45) is 1.45. The molecule has 34 heavy (non-hydrogen) atoms. The van der Waals surface area contributed by atoms with Crippen LogP contribution < -0.4 is 15.9 Å². The van der Waals surface area contributed by atoms with E-state index in [1.807, 2.05) is 6.92 Å². The average molecular weight is 463 g/mol. The van der Waals surface area contributed by atoms with Crippen molar-refractivity contribution in [3.8, 4) is 22.8 Å². The highest BCUT2D eigenvalue weighted by Gasteiger charge is 2.25. The van der Waals surface area contributed by atoms with E-state index >= 15 is 0 Å². The number of ether oxygens (including phenoxy) is 1. The van der Waals surface area contributed by atoms with Crippen molar-refractivity contribution in [3.63, 3.8) is 0 Å². The first-order chi connectivity index (χ1) is 16.5. The fourth-order valence-electron chi connectivity index (χ4n) is 2.96. The van der Waals surface area contributed by atoms with Crippen LogP contribution in [0.25, 0.3) is 17.1 Å². The van der Waals surface area contributed by atoms with Crippen molar-refractivity contribution in [3.05, 3.63) is 69.9 Å². The van der Waals surface area contributed by atoms with Crippen LogP contribution >= 0.6 is 0 Å². The van der Waals surface area contributed by atoms with Gasteiger partial charge in [0.15, 0.2) is 5.69 Å². The highest BCUT2D eigenvalue weighted by molar-refractivity contribution is 5.98. The second-order valence-electron chi connectivity index (χ2n) is 6.68. The first-order valence-electron chi connectivity index (χ1n) is 9.83. The number of non-ortho nitro benzene ring substituents is 1.